The van der Waals surface area contributed by atoms with Gasteiger partial charge in [0.05, 0.1) is 10.6 Å². The minimum absolute atomic E-state index is 0.0166. The number of carbonyl (C=O) groups excluding carboxylic acids is 1. The summed E-state index contributed by atoms with van der Waals surface area (Å²) in [6, 6.07) is 2.00. The second kappa shape index (κ2) is 5.99. The maximum absolute atomic E-state index is 12.6. The van der Waals surface area contributed by atoms with E-state index in [0.717, 1.165) is 6.07 Å². The molecule has 1 amide bonds. The first kappa shape index (κ1) is 18.0. The molecule has 122 valence electrons. The topological polar surface area (TPSA) is 72.7 Å². The molecular weight excluding hydrogens is 329 g/mol. The zero-order valence-electron chi connectivity index (χ0n) is 11.8. The number of nitro groups is 1. The first-order valence-electron chi connectivity index (χ1n) is 5.87. The van der Waals surface area contributed by atoms with Crippen LogP contribution in [0.5, 0.6) is 0 Å². The lowest BCUT2D eigenvalue weighted by Gasteiger charge is -2.21. The van der Waals surface area contributed by atoms with Crippen LogP contribution in [0.3, 0.4) is 0 Å². The fourth-order valence-electron chi connectivity index (χ4n) is 1.44. The summed E-state index contributed by atoms with van der Waals surface area (Å²) in [5.41, 5.74) is -2.62. The van der Waals surface area contributed by atoms with Crippen LogP contribution in [0.2, 0.25) is 5.02 Å². The van der Waals surface area contributed by atoms with Crippen LogP contribution in [0.4, 0.5) is 23.7 Å². The molecule has 0 fully saturated rings. The molecule has 6 nitrogen and oxygen atoms in total. The molecule has 0 N–H and O–H groups in total. The molecule has 0 bridgehead atoms. The van der Waals surface area contributed by atoms with Crippen molar-refractivity contribution in [3.8, 4) is 0 Å². The van der Waals surface area contributed by atoms with E-state index in [1.54, 1.807) is 0 Å². The van der Waals surface area contributed by atoms with Crippen molar-refractivity contribution in [2.75, 3.05) is 5.01 Å². The average molecular weight is 341 g/mol. The van der Waals surface area contributed by atoms with Crippen molar-refractivity contribution in [2.45, 2.75) is 32.5 Å². The van der Waals surface area contributed by atoms with Gasteiger partial charge in [-0.3, -0.25) is 0 Å². The lowest BCUT2D eigenvalue weighted by molar-refractivity contribution is -0.484. The van der Waals surface area contributed by atoms with Crippen LogP contribution < -0.4 is 5.01 Å². The number of benzene rings is 1. The third kappa shape index (κ3) is 4.48. The van der Waals surface area contributed by atoms with E-state index in [-0.39, 0.29) is 5.01 Å². The average Bonchev–Trinajstić information content (AvgIpc) is 2.23. The van der Waals surface area contributed by atoms with Gasteiger partial charge in [0, 0.05) is 5.01 Å². The molecule has 10 heteroatoms. The Bertz CT molecular complexity index is 599. The molecule has 1 rings (SSSR count). The monoisotopic (exact) mass is 340 g/mol. The van der Waals surface area contributed by atoms with Gasteiger partial charge in [0.25, 0.3) is 0 Å². The number of hydrogen-bond acceptors (Lipinski definition) is 4. The Hall–Kier alpha value is -2.03. The van der Waals surface area contributed by atoms with Crippen molar-refractivity contribution >= 4 is 23.4 Å². The highest BCUT2D eigenvalue weighted by atomic mass is 35.5. The number of nitrogens with zero attached hydrogens (tertiary/aromatic N) is 2. The molecule has 22 heavy (non-hydrogen) atoms. The van der Waals surface area contributed by atoms with Crippen LogP contribution in [0.15, 0.2) is 18.2 Å². The van der Waals surface area contributed by atoms with Gasteiger partial charge in [-0.15, -0.1) is 0 Å². The fourth-order valence-corrected chi connectivity index (χ4v) is 1.72. The molecule has 0 saturated carbocycles. The number of hydrogen-bond donors (Lipinski definition) is 0. The fraction of sp³-hybridized carbons (Fsp3) is 0.417. The predicted octanol–water partition coefficient (Wildman–Crippen LogP) is 4.29. The third-order valence-electron chi connectivity index (χ3n) is 2.23. The van der Waals surface area contributed by atoms with Crippen LogP contribution in [0.25, 0.3) is 0 Å². The van der Waals surface area contributed by atoms with E-state index in [0.29, 0.717) is 12.1 Å². The third-order valence-corrected chi connectivity index (χ3v) is 2.55. The molecule has 0 aliphatic heterocycles. The largest absolute Gasteiger partial charge is 0.473 e. The number of ether oxygens (including phenoxy) is 1. The van der Waals surface area contributed by atoms with E-state index in [1.165, 1.54) is 20.8 Å². The maximum Gasteiger partial charge on any atom is 0.473 e. The van der Waals surface area contributed by atoms with E-state index >= 15 is 0 Å². The Labute approximate surface area is 128 Å². The lowest BCUT2D eigenvalue weighted by atomic mass is 10.2. The van der Waals surface area contributed by atoms with Gasteiger partial charge in [-0.05, 0) is 39.0 Å². The Morgan fingerprint density at radius 2 is 1.86 bits per heavy atom. The van der Waals surface area contributed by atoms with Crippen LogP contribution in [0.1, 0.15) is 26.3 Å². The van der Waals surface area contributed by atoms with Gasteiger partial charge in [0.1, 0.15) is 11.3 Å². The molecule has 0 aromatic heterocycles. The first-order chi connectivity index (χ1) is 9.83. The van der Waals surface area contributed by atoms with Gasteiger partial charge in [-0.1, -0.05) is 11.6 Å². The minimum atomic E-state index is -4.71. The number of carbonyl (C=O) groups is 1. The Balaban J connectivity index is 3.21. The standard InChI is InChI=1S/C12H12ClF3N2O4/c1-11(2,3)22-10(19)17(18(20)21)7-4-5-8(9(13)6-7)12(14,15)16/h4-6H,1-3H3. The van der Waals surface area contributed by atoms with Gasteiger partial charge in [-0.2, -0.15) is 13.2 Å². The second-order valence-corrected chi connectivity index (χ2v) is 5.60. The molecule has 0 saturated heterocycles. The summed E-state index contributed by atoms with van der Waals surface area (Å²) in [6.45, 7) is 4.47. The van der Waals surface area contributed by atoms with Gasteiger partial charge < -0.3 is 4.74 Å². The number of amides is 1. The molecule has 0 aliphatic carbocycles. The molecule has 0 aliphatic rings. The number of alkyl halides is 3. The highest BCUT2D eigenvalue weighted by Crippen LogP contribution is 2.36. The number of hydrazine groups is 1. The zero-order valence-corrected chi connectivity index (χ0v) is 12.5. The van der Waals surface area contributed by atoms with Gasteiger partial charge >= 0.3 is 12.3 Å². The van der Waals surface area contributed by atoms with Crippen molar-refractivity contribution in [1.29, 1.82) is 0 Å². The molecule has 1 aromatic carbocycles. The normalized spacial score (nSPS) is 12.0. The summed E-state index contributed by atoms with van der Waals surface area (Å²) < 4.78 is 42.6. The highest BCUT2D eigenvalue weighted by molar-refractivity contribution is 6.31. The highest BCUT2D eigenvalue weighted by Gasteiger charge is 2.36. The number of anilines is 1. The van der Waals surface area contributed by atoms with Gasteiger partial charge in [-0.25, -0.2) is 14.9 Å². The van der Waals surface area contributed by atoms with Crippen molar-refractivity contribution in [1.82, 2.24) is 0 Å². The summed E-state index contributed by atoms with van der Waals surface area (Å²) >= 11 is 5.48. The SMILES string of the molecule is CC(C)(C)OC(=O)N(c1ccc(C(F)(F)F)c(Cl)c1)[N+](=O)[O-]. The maximum atomic E-state index is 12.6. The van der Waals surface area contributed by atoms with Crippen molar-refractivity contribution in [3.05, 3.63) is 38.9 Å². The van der Waals surface area contributed by atoms with Crippen LogP contribution >= 0.6 is 11.6 Å². The smallest absolute Gasteiger partial charge is 0.440 e. The summed E-state index contributed by atoms with van der Waals surface area (Å²) in [6.07, 6.45) is -6.05. The molecule has 0 unspecified atom stereocenters. The van der Waals surface area contributed by atoms with E-state index in [2.05, 4.69) is 0 Å². The van der Waals surface area contributed by atoms with Gasteiger partial charge in [0.15, 0.2) is 5.03 Å². The summed E-state index contributed by atoms with van der Waals surface area (Å²) in [7, 11) is 0. The van der Waals surface area contributed by atoms with Crippen LogP contribution in [-0.2, 0) is 10.9 Å². The number of rotatable bonds is 2. The molecular formula is C12H12ClF3N2O4. The summed E-state index contributed by atoms with van der Waals surface area (Å²) in [4.78, 5) is 22.8. The van der Waals surface area contributed by atoms with Crippen LogP contribution in [-0.4, -0.2) is 16.7 Å². The molecule has 0 heterocycles. The van der Waals surface area contributed by atoms with E-state index in [1.807, 2.05) is 0 Å². The number of halogens is 4. The van der Waals surface area contributed by atoms with Crippen molar-refractivity contribution < 1.29 is 27.7 Å². The van der Waals surface area contributed by atoms with E-state index in [9.17, 15) is 28.1 Å². The molecule has 0 atom stereocenters. The predicted molar refractivity (Wildman–Crippen MR) is 72.2 cm³/mol. The molecule has 1 aromatic rings. The Morgan fingerprint density at radius 3 is 2.23 bits per heavy atom. The van der Waals surface area contributed by atoms with Gasteiger partial charge in [0.2, 0.25) is 0 Å². The Kier molecular flexibility index (Phi) is 4.91. The lowest BCUT2D eigenvalue weighted by Crippen LogP contribution is -2.40. The van der Waals surface area contributed by atoms with E-state index < -0.39 is 39.2 Å². The second-order valence-electron chi connectivity index (χ2n) is 5.19. The molecule has 0 radical (unpaired) electrons. The molecule has 0 spiro atoms. The van der Waals surface area contributed by atoms with Crippen molar-refractivity contribution in [3.63, 3.8) is 0 Å². The van der Waals surface area contributed by atoms with Crippen LogP contribution in [0, 0.1) is 10.1 Å². The Morgan fingerprint density at radius 1 is 1.32 bits per heavy atom. The summed E-state index contributed by atoms with van der Waals surface area (Å²) in [5, 5.41) is 9.10. The first-order valence-corrected chi connectivity index (χ1v) is 6.25. The zero-order chi connectivity index (χ0) is 17.3. The summed E-state index contributed by atoms with van der Waals surface area (Å²) in [5.74, 6) is 0. The van der Waals surface area contributed by atoms with E-state index in [4.69, 9.17) is 16.3 Å². The quantitative estimate of drug-likeness (QED) is 0.594. The van der Waals surface area contributed by atoms with Crippen molar-refractivity contribution in [2.24, 2.45) is 0 Å². The minimum Gasteiger partial charge on any atom is -0.440 e.